The molecular weight excluding hydrogens is 278 g/mol. The highest BCUT2D eigenvalue weighted by Gasteiger charge is 2.26. The first-order valence-corrected chi connectivity index (χ1v) is 7.25. The summed E-state index contributed by atoms with van der Waals surface area (Å²) >= 11 is 0. The lowest BCUT2D eigenvalue weighted by atomic mass is 9.95. The fourth-order valence-corrected chi connectivity index (χ4v) is 2.87. The van der Waals surface area contributed by atoms with Crippen molar-refractivity contribution in [1.29, 1.82) is 0 Å². The predicted octanol–water partition coefficient (Wildman–Crippen LogP) is 2.08. The molecule has 2 amide bonds. The van der Waals surface area contributed by atoms with E-state index < -0.39 is 5.91 Å². The molecule has 22 heavy (non-hydrogen) atoms. The zero-order chi connectivity index (χ0) is 15.7. The lowest BCUT2D eigenvalue weighted by molar-refractivity contribution is 0.0973. The number of amides is 2. The van der Waals surface area contributed by atoms with Crippen LogP contribution in [0.1, 0.15) is 38.5 Å². The van der Waals surface area contributed by atoms with Crippen molar-refractivity contribution >= 4 is 17.5 Å². The number of benzene rings is 1. The number of rotatable bonds is 2. The Labute approximate surface area is 128 Å². The van der Waals surface area contributed by atoms with E-state index in [1.807, 2.05) is 25.1 Å². The molecule has 1 aliphatic rings. The van der Waals surface area contributed by atoms with Gasteiger partial charge in [-0.2, -0.15) is 0 Å². The number of aromatic nitrogens is 1. The van der Waals surface area contributed by atoms with Gasteiger partial charge in [0.15, 0.2) is 0 Å². The Balaban J connectivity index is 2.03. The normalized spacial score (nSPS) is 13.6. The summed E-state index contributed by atoms with van der Waals surface area (Å²) in [4.78, 5) is 30.3. The lowest BCUT2D eigenvalue weighted by Gasteiger charge is -2.30. The highest BCUT2D eigenvalue weighted by atomic mass is 16.2. The van der Waals surface area contributed by atoms with Crippen LogP contribution >= 0.6 is 0 Å². The largest absolute Gasteiger partial charge is 0.366 e. The predicted molar refractivity (Wildman–Crippen MR) is 83.9 cm³/mol. The van der Waals surface area contributed by atoms with Gasteiger partial charge in [-0.15, -0.1) is 0 Å². The van der Waals surface area contributed by atoms with E-state index in [-0.39, 0.29) is 5.91 Å². The summed E-state index contributed by atoms with van der Waals surface area (Å²) in [6, 6.07) is 10.7. The number of fused-ring (bicyclic) bond motifs is 1. The summed E-state index contributed by atoms with van der Waals surface area (Å²) in [7, 11) is 0. The molecular formula is C17H17N3O2. The van der Waals surface area contributed by atoms with Gasteiger partial charge >= 0.3 is 0 Å². The molecule has 0 radical (unpaired) electrons. The number of hydrogen-bond acceptors (Lipinski definition) is 3. The van der Waals surface area contributed by atoms with E-state index in [1.54, 1.807) is 23.1 Å². The summed E-state index contributed by atoms with van der Waals surface area (Å²) in [5, 5.41) is 0. The first-order valence-electron chi connectivity index (χ1n) is 7.25. The molecule has 2 aromatic rings. The summed E-state index contributed by atoms with van der Waals surface area (Å²) in [6.45, 7) is 2.47. The highest BCUT2D eigenvalue weighted by molar-refractivity contribution is 6.07. The molecule has 0 spiro atoms. The van der Waals surface area contributed by atoms with E-state index in [9.17, 15) is 9.59 Å². The number of hydrogen-bond donors (Lipinski definition) is 1. The Bertz CT molecular complexity index is 755. The zero-order valence-electron chi connectivity index (χ0n) is 12.4. The second-order valence-corrected chi connectivity index (χ2v) is 5.39. The van der Waals surface area contributed by atoms with Crippen LogP contribution in [0.4, 0.5) is 5.69 Å². The van der Waals surface area contributed by atoms with Crippen molar-refractivity contribution in [3.63, 3.8) is 0 Å². The van der Waals surface area contributed by atoms with Gasteiger partial charge in [0.1, 0.15) is 5.69 Å². The first-order chi connectivity index (χ1) is 10.6. The third-order valence-corrected chi connectivity index (χ3v) is 3.87. The molecule has 0 aliphatic carbocycles. The van der Waals surface area contributed by atoms with Crippen LogP contribution in [0.2, 0.25) is 0 Å². The van der Waals surface area contributed by atoms with Crippen molar-refractivity contribution < 1.29 is 9.59 Å². The van der Waals surface area contributed by atoms with E-state index in [0.717, 1.165) is 29.8 Å². The molecule has 0 bridgehead atoms. The first kappa shape index (κ1) is 14.3. The number of anilines is 1. The highest BCUT2D eigenvalue weighted by Crippen LogP contribution is 2.30. The Morgan fingerprint density at radius 3 is 2.68 bits per heavy atom. The maximum absolute atomic E-state index is 12.7. The molecule has 2 N–H and O–H groups in total. The third kappa shape index (κ3) is 2.45. The van der Waals surface area contributed by atoms with Crippen LogP contribution < -0.4 is 10.6 Å². The van der Waals surface area contributed by atoms with Crippen molar-refractivity contribution in [2.24, 2.45) is 5.73 Å². The Kier molecular flexibility index (Phi) is 3.63. The van der Waals surface area contributed by atoms with Crippen LogP contribution in [-0.2, 0) is 6.42 Å². The number of nitrogens with zero attached hydrogens (tertiary/aromatic N) is 2. The molecule has 0 atom stereocenters. The average Bonchev–Trinajstić information content (AvgIpc) is 2.53. The Morgan fingerprint density at radius 1 is 1.18 bits per heavy atom. The number of nitrogens with two attached hydrogens (primary N) is 1. The minimum Gasteiger partial charge on any atom is -0.366 e. The van der Waals surface area contributed by atoms with E-state index in [1.165, 1.54) is 0 Å². The van der Waals surface area contributed by atoms with E-state index in [4.69, 9.17) is 5.73 Å². The topological polar surface area (TPSA) is 76.3 Å². The van der Waals surface area contributed by atoms with Gasteiger partial charge in [0.2, 0.25) is 5.91 Å². The van der Waals surface area contributed by atoms with Gasteiger partial charge in [0.05, 0.1) is 0 Å². The molecule has 3 rings (SSSR count). The smallest absolute Gasteiger partial charge is 0.276 e. The van der Waals surface area contributed by atoms with Gasteiger partial charge in [0.25, 0.3) is 5.91 Å². The van der Waals surface area contributed by atoms with Crippen molar-refractivity contribution in [1.82, 2.24) is 4.98 Å². The molecule has 0 fully saturated rings. The third-order valence-electron chi connectivity index (χ3n) is 3.87. The second-order valence-electron chi connectivity index (χ2n) is 5.39. The number of aryl methyl sites for hydroxylation is 1. The quantitative estimate of drug-likeness (QED) is 0.921. The lowest BCUT2D eigenvalue weighted by Crippen LogP contribution is -2.36. The van der Waals surface area contributed by atoms with Crippen LogP contribution in [0.3, 0.4) is 0 Å². The van der Waals surface area contributed by atoms with Gasteiger partial charge in [-0.05, 0) is 49.6 Å². The minimum atomic E-state index is -0.458. The summed E-state index contributed by atoms with van der Waals surface area (Å²) in [5.74, 6) is -0.605. The molecule has 1 aliphatic heterocycles. The summed E-state index contributed by atoms with van der Waals surface area (Å²) in [5.41, 5.74) is 8.75. The molecule has 1 aromatic carbocycles. The number of carbonyl (C=O) groups is 2. The molecule has 0 saturated carbocycles. The van der Waals surface area contributed by atoms with Crippen LogP contribution in [0, 0.1) is 6.92 Å². The fourth-order valence-electron chi connectivity index (χ4n) is 2.87. The van der Waals surface area contributed by atoms with Gasteiger partial charge in [0, 0.05) is 23.5 Å². The van der Waals surface area contributed by atoms with Crippen LogP contribution in [0.5, 0.6) is 0 Å². The van der Waals surface area contributed by atoms with Crippen molar-refractivity contribution in [2.75, 3.05) is 11.4 Å². The molecule has 0 unspecified atom stereocenters. The van der Waals surface area contributed by atoms with Crippen molar-refractivity contribution in [2.45, 2.75) is 19.8 Å². The Hall–Kier alpha value is -2.69. The molecule has 1 aromatic heterocycles. The molecule has 0 saturated heterocycles. The molecule has 5 nitrogen and oxygen atoms in total. The monoisotopic (exact) mass is 295 g/mol. The molecule has 5 heteroatoms. The van der Waals surface area contributed by atoms with Crippen molar-refractivity contribution in [3.8, 4) is 0 Å². The number of primary amides is 1. The van der Waals surface area contributed by atoms with Crippen molar-refractivity contribution in [3.05, 3.63) is 58.9 Å². The molecule has 112 valence electrons. The second kappa shape index (κ2) is 5.60. The van der Waals surface area contributed by atoms with E-state index in [2.05, 4.69) is 4.98 Å². The van der Waals surface area contributed by atoms with Gasteiger partial charge in [-0.1, -0.05) is 12.1 Å². The number of carbonyl (C=O) groups excluding carboxylic acids is 2. The average molecular weight is 295 g/mol. The minimum absolute atomic E-state index is 0.147. The van der Waals surface area contributed by atoms with Crippen LogP contribution in [0.25, 0.3) is 0 Å². The summed E-state index contributed by atoms with van der Waals surface area (Å²) < 4.78 is 0. The maximum atomic E-state index is 12.7. The Morgan fingerprint density at radius 2 is 1.95 bits per heavy atom. The van der Waals surface area contributed by atoms with Crippen LogP contribution in [0.15, 0.2) is 36.4 Å². The zero-order valence-corrected chi connectivity index (χ0v) is 12.4. The SMILES string of the molecule is Cc1cccc(C(=O)N2CCCc3c(C(N)=O)cccc32)n1. The molecule has 2 heterocycles. The fraction of sp³-hybridized carbons (Fsp3) is 0.235. The maximum Gasteiger partial charge on any atom is 0.276 e. The summed E-state index contributed by atoms with van der Waals surface area (Å²) in [6.07, 6.45) is 1.55. The van der Waals surface area contributed by atoms with Gasteiger partial charge in [-0.25, -0.2) is 4.98 Å². The van der Waals surface area contributed by atoms with E-state index >= 15 is 0 Å². The van der Waals surface area contributed by atoms with Crippen LogP contribution in [-0.4, -0.2) is 23.3 Å². The number of pyridine rings is 1. The van der Waals surface area contributed by atoms with E-state index in [0.29, 0.717) is 17.8 Å². The van der Waals surface area contributed by atoms with Gasteiger partial charge < -0.3 is 10.6 Å². The van der Waals surface area contributed by atoms with Gasteiger partial charge in [-0.3, -0.25) is 9.59 Å². The standard InChI is InChI=1S/C17H17N3O2/c1-11-5-2-8-14(19-11)17(22)20-10-4-7-12-13(16(18)21)6-3-9-15(12)20/h2-3,5-6,8-9H,4,7,10H2,1H3,(H2,18,21).